The molecule has 0 bridgehead atoms. The monoisotopic (exact) mass is 434 g/mol. The van der Waals surface area contributed by atoms with E-state index in [4.69, 9.17) is 16.3 Å². The summed E-state index contributed by atoms with van der Waals surface area (Å²) in [6.45, 7) is 1.72. The molecule has 1 atom stereocenters. The fourth-order valence-corrected chi connectivity index (χ4v) is 4.62. The summed E-state index contributed by atoms with van der Waals surface area (Å²) in [6, 6.07) is 12.9. The summed E-state index contributed by atoms with van der Waals surface area (Å²) in [5.74, 6) is -1.30. The van der Waals surface area contributed by atoms with Gasteiger partial charge >= 0.3 is 12.0 Å². The average Bonchev–Trinajstić information content (AvgIpc) is 2.68. The summed E-state index contributed by atoms with van der Waals surface area (Å²) in [5, 5.41) is 5.41. The van der Waals surface area contributed by atoms with Crippen molar-refractivity contribution in [3.05, 3.63) is 76.5 Å². The van der Waals surface area contributed by atoms with Gasteiger partial charge in [0.15, 0.2) is 9.84 Å². The number of halogens is 1. The first kappa shape index (κ1) is 20.9. The Kier molecular flexibility index (Phi) is 6.24. The molecule has 2 aromatic rings. The topological polar surface area (TPSA) is 102 Å². The van der Waals surface area contributed by atoms with Gasteiger partial charge in [0.1, 0.15) is 0 Å². The standard InChI is InChI=1S/C20H19ClN2O5S/c1-2-28-19(24)17-16(12-29(26,27)13-8-4-3-5-9-13)22-20(25)23-18(17)14-10-6-7-11-15(14)21/h3-11,18H,2,12H2,1H3,(H2,22,23,25). The zero-order valence-electron chi connectivity index (χ0n) is 15.5. The fraction of sp³-hybridized carbons (Fsp3) is 0.200. The molecule has 3 rings (SSSR count). The van der Waals surface area contributed by atoms with E-state index in [-0.39, 0.29) is 22.8 Å². The number of rotatable bonds is 6. The average molecular weight is 435 g/mol. The first-order chi connectivity index (χ1) is 13.8. The number of nitrogens with one attached hydrogen (secondary N) is 2. The van der Waals surface area contributed by atoms with Gasteiger partial charge in [-0.15, -0.1) is 0 Å². The van der Waals surface area contributed by atoms with Crippen molar-refractivity contribution in [1.29, 1.82) is 0 Å². The lowest BCUT2D eigenvalue weighted by Crippen LogP contribution is -2.47. The Morgan fingerprint density at radius 2 is 1.76 bits per heavy atom. The third-order valence-electron chi connectivity index (χ3n) is 4.30. The zero-order chi connectivity index (χ0) is 21.0. The van der Waals surface area contributed by atoms with E-state index in [1.54, 1.807) is 49.4 Å². The van der Waals surface area contributed by atoms with Gasteiger partial charge in [-0.1, -0.05) is 48.0 Å². The van der Waals surface area contributed by atoms with Crippen LogP contribution in [0.1, 0.15) is 18.5 Å². The van der Waals surface area contributed by atoms with Gasteiger partial charge < -0.3 is 15.4 Å². The van der Waals surface area contributed by atoms with Crippen LogP contribution in [0.25, 0.3) is 0 Å². The van der Waals surface area contributed by atoms with Gasteiger partial charge in [0.25, 0.3) is 0 Å². The number of sulfone groups is 1. The van der Waals surface area contributed by atoms with Crippen LogP contribution in [-0.4, -0.2) is 32.8 Å². The number of carbonyl (C=O) groups excluding carboxylic acids is 2. The minimum atomic E-state index is -3.82. The lowest BCUT2D eigenvalue weighted by atomic mass is 9.95. The molecule has 152 valence electrons. The second-order valence-corrected chi connectivity index (χ2v) is 8.63. The fourth-order valence-electron chi connectivity index (χ4n) is 3.03. The SMILES string of the molecule is CCOC(=O)C1=C(CS(=O)(=O)c2ccccc2)NC(=O)NC1c1ccccc1Cl. The maximum absolute atomic E-state index is 12.9. The van der Waals surface area contributed by atoms with Crippen LogP contribution in [0.2, 0.25) is 5.02 Å². The minimum Gasteiger partial charge on any atom is -0.463 e. The van der Waals surface area contributed by atoms with Crippen molar-refractivity contribution >= 4 is 33.4 Å². The zero-order valence-corrected chi connectivity index (χ0v) is 17.1. The molecule has 0 aliphatic carbocycles. The van der Waals surface area contributed by atoms with Gasteiger partial charge in [0, 0.05) is 10.7 Å². The Labute approximate surface area is 173 Å². The number of hydrogen-bond donors (Lipinski definition) is 2. The molecule has 0 radical (unpaired) electrons. The molecule has 2 aromatic carbocycles. The maximum Gasteiger partial charge on any atom is 0.338 e. The largest absolute Gasteiger partial charge is 0.463 e. The summed E-state index contributed by atoms with van der Waals surface area (Å²) >= 11 is 6.26. The number of hydrogen-bond acceptors (Lipinski definition) is 5. The predicted molar refractivity (Wildman–Crippen MR) is 108 cm³/mol. The molecule has 1 heterocycles. The van der Waals surface area contributed by atoms with Crippen LogP contribution in [0, 0.1) is 0 Å². The highest BCUT2D eigenvalue weighted by Gasteiger charge is 2.36. The normalized spacial score (nSPS) is 16.8. The molecule has 0 aromatic heterocycles. The van der Waals surface area contributed by atoms with E-state index in [2.05, 4.69) is 10.6 Å². The minimum absolute atomic E-state index is 0.000874. The van der Waals surface area contributed by atoms with Crippen molar-refractivity contribution in [3.8, 4) is 0 Å². The predicted octanol–water partition coefficient (Wildman–Crippen LogP) is 2.99. The van der Waals surface area contributed by atoms with Crippen molar-refractivity contribution in [1.82, 2.24) is 10.6 Å². The Balaban J connectivity index is 2.12. The van der Waals surface area contributed by atoms with Crippen LogP contribution in [0.3, 0.4) is 0 Å². The van der Waals surface area contributed by atoms with E-state index in [1.807, 2.05) is 0 Å². The molecule has 9 heteroatoms. The van der Waals surface area contributed by atoms with Gasteiger partial charge in [-0.05, 0) is 30.7 Å². The summed E-state index contributed by atoms with van der Waals surface area (Å²) in [6.07, 6.45) is 0. The van der Waals surface area contributed by atoms with E-state index >= 15 is 0 Å². The second-order valence-electron chi connectivity index (χ2n) is 6.24. The summed E-state index contributed by atoms with van der Waals surface area (Å²) in [4.78, 5) is 25.1. The third-order valence-corrected chi connectivity index (χ3v) is 6.31. The van der Waals surface area contributed by atoms with Crippen molar-refractivity contribution in [2.75, 3.05) is 12.4 Å². The van der Waals surface area contributed by atoms with E-state index in [0.717, 1.165) is 0 Å². The van der Waals surface area contributed by atoms with Crippen LogP contribution in [-0.2, 0) is 19.4 Å². The van der Waals surface area contributed by atoms with Crippen LogP contribution < -0.4 is 10.6 Å². The molecule has 0 saturated carbocycles. The first-order valence-corrected chi connectivity index (χ1v) is 10.9. The second kappa shape index (κ2) is 8.67. The van der Waals surface area contributed by atoms with Crippen molar-refractivity contribution in [2.45, 2.75) is 17.9 Å². The lowest BCUT2D eigenvalue weighted by Gasteiger charge is -2.29. The molecular weight excluding hydrogens is 416 g/mol. The highest BCUT2D eigenvalue weighted by molar-refractivity contribution is 7.91. The summed E-state index contributed by atoms with van der Waals surface area (Å²) in [5.41, 5.74) is 0.418. The number of benzene rings is 2. The highest BCUT2D eigenvalue weighted by atomic mass is 35.5. The number of urea groups is 1. The molecule has 2 N–H and O–H groups in total. The number of ether oxygens (including phenoxy) is 1. The van der Waals surface area contributed by atoms with Crippen molar-refractivity contribution < 1.29 is 22.7 Å². The quantitative estimate of drug-likeness (QED) is 0.680. The summed E-state index contributed by atoms with van der Waals surface area (Å²) < 4.78 is 30.9. The van der Waals surface area contributed by atoms with Crippen molar-refractivity contribution in [2.24, 2.45) is 0 Å². The number of amides is 2. The molecule has 1 unspecified atom stereocenters. The molecule has 0 fully saturated rings. The lowest BCUT2D eigenvalue weighted by molar-refractivity contribution is -0.139. The number of esters is 1. The Morgan fingerprint density at radius 3 is 2.41 bits per heavy atom. The Bertz CT molecular complexity index is 1070. The maximum atomic E-state index is 12.9. The molecule has 0 saturated heterocycles. The molecule has 7 nitrogen and oxygen atoms in total. The Hall–Kier alpha value is -2.84. The summed E-state index contributed by atoms with van der Waals surface area (Å²) in [7, 11) is -3.82. The van der Waals surface area contributed by atoms with Gasteiger partial charge in [-0.2, -0.15) is 0 Å². The first-order valence-electron chi connectivity index (χ1n) is 8.83. The van der Waals surface area contributed by atoms with Gasteiger partial charge in [-0.25, -0.2) is 18.0 Å². The van der Waals surface area contributed by atoms with Crippen LogP contribution in [0.15, 0.2) is 70.8 Å². The molecule has 29 heavy (non-hydrogen) atoms. The molecule has 0 spiro atoms. The molecule has 2 amide bonds. The van der Waals surface area contributed by atoms with Crippen LogP contribution >= 0.6 is 11.6 Å². The van der Waals surface area contributed by atoms with Crippen LogP contribution in [0.4, 0.5) is 4.79 Å². The van der Waals surface area contributed by atoms with E-state index in [9.17, 15) is 18.0 Å². The molecule has 1 aliphatic heterocycles. The van der Waals surface area contributed by atoms with Crippen LogP contribution in [0.5, 0.6) is 0 Å². The molecular formula is C20H19ClN2O5S. The van der Waals surface area contributed by atoms with E-state index in [1.165, 1.54) is 12.1 Å². The van der Waals surface area contributed by atoms with E-state index < -0.39 is 33.6 Å². The van der Waals surface area contributed by atoms with Crippen molar-refractivity contribution in [3.63, 3.8) is 0 Å². The van der Waals surface area contributed by atoms with Gasteiger partial charge in [0.05, 0.1) is 28.9 Å². The van der Waals surface area contributed by atoms with E-state index in [0.29, 0.717) is 10.6 Å². The third kappa shape index (κ3) is 4.60. The van der Waals surface area contributed by atoms with Gasteiger partial charge in [-0.3, -0.25) is 0 Å². The van der Waals surface area contributed by atoms with Gasteiger partial charge in [0.2, 0.25) is 0 Å². The number of carbonyl (C=O) groups is 2. The highest BCUT2D eigenvalue weighted by Crippen LogP contribution is 2.33. The Morgan fingerprint density at radius 1 is 1.10 bits per heavy atom. The molecule has 1 aliphatic rings. The smallest absolute Gasteiger partial charge is 0.338 e.